The minimum absolute atomic E-state index is 0.224. The number of methoxy groups -OCH3 is 1. The Labute approximate surface area is 97.5 Å². The van der Waals surface area contributed by atoms with E-state index in [2.05, 4.69) is 29.1 Å². The van der Waals surface area contributed by atoms with E-state index in [4.69, 9.17) is 4.74 Å². The van der Waals surface area contributed by atoms with Crippen molar-refractivity contribution in [1.82, 2.24) is 9.97 Å². The molecule has 0 saturated heterocycles. The molecule has 16 heavy (non-hydrogen) atoms. The number of nitrogens with zero attached hydrogens (tertiary/aromatic N) is 2. The highest BCUT2D eigenvalue weighted by molar-refractivity contribution is 5.46. The van der Waals surface area contributed by atoms with Gasteiger partial charge in [0.1, 0.15) is 11.6 Å². The average molecular weight is 223 g/mol. The minimum Gasteiger partial charge on any atom is -0.384 e. The van der Waals surface area contributed by atoms with E-state index in [9.17, 15) is 0 Å². The monoisotopic (exact) mass is 223 g/mol. The lowest BCUT2D eigenvalue weighted by molar-refractivity contribution is 0.181. The summed E-state index contributed by atoms with van der Waals surface area (Å²) in [4.78, 5) is 9.08. The number of nitrogens with one attached hydrogen (secondary N) is 1. The van der Waals surface area contributed by atoms with Crippen molar-refractivity contribution >= 4 is 5.82 Å². The molecule has 0 aliphatic rings. The summed E-state index contributed by atoms with van der Waals surface area (Å²) < 4.78 is 5.13. The van der Waals surface area contributed by atoms with Gasteiger partial charge in [0.05, 0.1) is 6.61 Å². The first kappa shape index (κ1) is 12.9. The van der Waals surface area contributed by atoms with Crippen LogP contribution in [0.1, 0.15) is 36.8 Å². The summed E-state index contributed by atoms with van der Waals surface area (Å²) in [7, 11) is 3.59. The Morgan fingerprint density at radius 3 is 2.56 bits per heavy atom. The van der Waals surface area contributed by atoms with E-state index < -0.39 is 0 Å². The Balaban J connectivity index is 3.09. The largest absolute Gasteiger partial charge is 0.384 e. The van der Waals surface area contributed by atoms with Crippen molar-refractivity contribution in [3.05, 3.63) is 17.1 Å². The molecule has 90 valence electrons. The summed E-state index contributed by atoms with van der Waals surface area (Å²) in [5.41, 5.74) is 2.25. The number of rotatable bonds is 5. The van der Waals surface area contributed by atoms with Gasteiger partial charge in [-0.05, 0) is 13.3 Å². The van der Waals surface area contributed by atoms with Crippen LogP contribution in [0.5, 0.6) is 0 Å². The summed E-state index contributed by atoms with van der Waals surface area (Å²) in [6.45, 7) is 6.87. The second-order valence-electron chi connectivity index (χ2n) is 3.95. The van der Waals surface area contributed by atoms with Gasteiger partial charge in [-0.25, -0.2) is 9.97 Å². The second-order valence-corrected chi connectivity index (χ2v) is 3.95. The lowest BCUT2D eigenvalue weighted by atomic mass is 10.1. The molecule has 0 fully saturated rings. The van der Waals surface area contributed by atoms with Crippen LogP contribution in [0.4, 0.5) is 5.82 Å². The lowest BCUT2D eigenvalue weighted by Crippen LogP contribution is -2.12. The predicted octanol–water partition coefficient (Wildman–Crippen LogP) is 2.14. The molecule has 0 radical (unpaired) electrons. The number of aromatic nitrogens is 2. The van der Waals surface area contributed by atoms with E-state index in [0.717, 1.165) is 23.8 Å². The van der Waals surface area contributed by atoms with Crippen molar-refractivity contribution in [2.75, 3.05) is 26.1 Å². The Morgan fingerprint density at radius 1 is 1.38 bits per heavy atom. The van der Waals surface area contributed by atoms with Gasteiger partial charge in [-0.15, -0.1) is 0 Å². The maximum Gasteiger partial charge on any atom is 0.136 e. The summed E-state index contributed by atoms with van der Waals surface area (Å²) >= 11 is 0. The smallest absolute Gasteiger partial charge is 0.136 e. The zero-order valence-corrected chi connectivity index (χ0v) is 10.8. The summed E-state index contributed by atoms with van der Waals surface area (Å²) in [5.74, 6) is 2.01. The molecule has 0 bridgehead atoms. The van der Waals surface area contributed by atoms with Crippen LogP contribution in [-0.2, 0) is 11.2 Å². The molecule has 0 amide bonds. The van der Waals surface area contributed by atoms with E-state index in [1.165, 1.54) is 5.56 Å². The van der Waals surface area contributed by atoms with Gasteiger partial charge in [0.25, 0.3) is 0 Å². The molecule has 1 atom stereocenters. The van der Waals surface area contributed by atoms with Gasteiger partial charge in [-0.2, -0.15) is 0 Å². The van der Waals surface area contributed by atoms with Crippen molar-refractivity contribution in [2.24, 2.45) is 0 Å². The summed E-state index contributed by atoms with van der Waals surface area (Å²) in [5, 5.41) is 3.13. The van der Waals surface area contributed by atoms with Crippen LogP contribution in [0.15, 0.2) is 0 Å². The molecule has 0 saturated carbocycles. The molecular weight excluding hydrogens is 202 g/mol. The van der Waals surface area contributed by atoms with Crippen LogP contribution < -0.4 is 5.32 Å². The van der Waals surface area contributed by atoms with Gasteiger partial charge >= 0.3 is 0 Å². The van der Waals surface area contributed by atoms with E-state index in [1.807, 2.05) is 14.0 Å². The number of hydrogen-bond donors (Lipinski definition) is 1. The first-order valence-electron chi connectivity index (χ1n) is 5.68. The van der Waals surface area contributed by atoms with Crippen molar-refractivity contribution in [3.8, 4) is 0 Å². The fourth-order valence-corrected chi connectivity index (χ4v) is 1.79. The first-order valence-corrected chi connectivity index (χ1v) is 5.68. The van der Waals surface area contributed by atoms with Crippen LogP contribution >= 0.6 is 0 Å². The highest BCUT2D eigenvalue weighted by atomic mass is 16.5. The minimum atomic E-state index is 0.224. The molecule has 0 aliphatic carbocycles. The summed E-state index contributed by atoms with van der Waals surface area (Å²) in [6.07, 6.45) is 0.945. The van der Waals surface area contributed by atoms with Gasteiger partial charge in [0.15, 0.2) is 0 Å². The Bertz CT molecular complexity index is 352. The van der Waals surface area contributed by atoms with Crippen molar-refractivity contribution < 1.29 is 4.74 Å². The molecule has 0 aromatic carbocycles. The van der Waals surface area contributed by atoms with Gasteiger partial charge < -0.3 is 10.1 Å². The first-order chi connectivity index (χ1) is 7.63. The van der Waals surface area contributed by atoms with Gasteiger partial charge in [0, 0.05) is 31.3 Å². The molecule has 1 aromatic rings. The zero-order valence-electron chi connectivity index (χ0n) is 10.8. The molecule has 4 nitrogen and oxygen atoms in total. The molecular formula is C12H21N3O. The quantitative estimate of drug-likeness (QED) is 0.830. The normalized spacial score (nSPS) is 12.6. The number of anilines is 1. The zero-order chi connectivity index (χ0) is 12.1. The number of ether oxygens (including phenoxy) is 1. The average Bonchev–Trinajstić information content (AvgIpc) is 2.28. The third-order valence-electron chi connectivity index (χ3n) is 2.68. The fraction of sp³-hybridized carbons (Fsp3) is 0.667. The molecule has 1 aromatic heterocycles. The van der Waals surface area contributed by atoms with E-state index >= 15 is 0 Å². The van der Waals surface area contributed by atoms with E-state index in [1.54, 1.807) is 7.11 Å². The van der Waals surface area contributed by atoms with Crippen LogP contribution in [0, 0.1) is 6.92 Å². The molecule has 1 rings (SSSR count). The molecule has 4 heteroatoms. The molecule has 0 spiro atoms. The van der Waals surface area contributed by atoms with Gasteiger partial charge in [-0.1, -0.05) is 13.8 Å². The van der Waals surface area contributed by atoms with Gasteiger partial charge in [-0.3, -0.25) is 0 Å². The third-order valence-corrected chi connectivity index (χ3v) is 2.68. The van der Waals surface area contributed by atoms with Gasteiger partial charge in [0.2, 0.25) is 0 Å². The Kier molecular flexibility index (Phi) is 4.68. The van der Waals surface area contributed by atoms with Crippen LogP contribution in [0.2, 0.25) is 0 Å². The third kappa shape index (κ3) is 2.70. The fourth-order valence-electron chi connectivity index (χ4n) is 1.79. The molecule has 1 heterocycles. The maximum absolute atomic E-state index is 5.13. The topological polar surface area (TPSA) is 47.0 Å². The van der Waals surface area contributed by atoms with Crippen molar-refractivity contribution in [1.29, 1.82) is 0 Å². The Morgan fingerprint density at radius 2 is 2.06 bits per heavy atom. The standard InChI is InChI=1S/C12H21N3O/c1-6-10-9(3)14-11(8(2)7-16-5)15-12(10)13-4/h8H,6-7H2,1-5H3,(H,13,14,15). The summed E-state index contributed by atoms with van der Waals surface area (Å²) in [6, 6.07) is 0. The lowest BCUT2D eigenvalue weighted by Gasteiger charge is -2.14. The van der Waals surface area contributed by atoms with Crippen molar-refractivity contribution in [3.63, 3.8) is 0 Å². The predicted molar refractivity (Wildman–Crippen MR) is 66.0 cm³/mol. The highest BCUT2D eigenvalue weighted by Crippen LogP contribution is 2.20. The number of aryl methyl sites for hydroxylation is 1. The van der Waals surface area contributed by atoms with E-state index in [0.29, 0.717) is 6.61 Å². The highest BCUT2D eigenvalue weighted by Gasteiger charge is 2.13. The maximum atomic E-state index is 5.13. The van der Waals surface area contributed by atoms with E-state index in [-0.39, 0.29) is 5.92 Å². The number of hydrogen-bond acceptors (Lipinski definition) is 4. The van der Waals surface area contributed by atoms with Crippen LogP contribution in [-0.4, -0.2) is 30.7 Å². The van der Waals surface area contributed by atoms with Crippen LogP contribution in [0.25, 0.3) is 0 Å². The molecule has 0 aliphatic heterocycles. The van der Waals surface area contributed by atoms with Crippen molar-refractivity contribution in [2.45, 2.75) is 33.1 Å². The van der Waals surface area contributed by atoms with Crippen LogP contribution in [0.3, 0.4) is 0 Å². The molecule has 1 unspecified atom stereocenters. The SMILES string of the molecule is CCc1c(C)nc(C(C)COC)nc1NC. The second kappa shape index (κ2) is 5.80. The molecule has 1 N–H and O–H groups in total. The Hall–Kier alpha value is -1.16.